The topological polar surface area (TPSA) is 46.2 Å². The SMILES string of the molecule is CNC1=CC(=O)C=CC1=O. The van der Waals surface area contributed by atoms with E-state index in [1.165, 1.54) is 18.2 Å². The van der Waals surface area contributed by atoms with Crippen molar-refractivity contribution in [2.45, 2.75) is 0 Å². The summed E-state index contributed by atoms with van der Waals surface area (Å²) in [4.78, 5) is 21.4. The Hall–Kier alpha value is -1.38. The van der Waals surface area contributed by atoms with Crippen LogP contribution in [0.25, 0.3) is 0 Å². The van der Waals surface area contributed by atoms with Crippen LogP contribution in [0.1, 0.15) is 0 Å². The molecule has 3 heteroatoms. The average Bonchev–Trinajstić information content (AvgIpc) is 1.94. The summed E-state index contributed by atoms with van der Waals surface area (Å²) >= 11 is 0. The lowest BCUT2D eigenvalue weighted by molar-refractivity contribution is -0.114. The van der Waals surface area contributed by atoms with Gasteiger partial charge >= 0.3 is 0 Å². The Morgan fingerprint density at radius 2 is 2.00 bits per heavy atom. The fraction of sp³-hybridized carbons (Fsp3) is 0.143. The number of hydrogen-bond acceptors (Lipinski definition) is 3. The standard InChI is InChI=1S/C7H7NO2/c1-8-6-4-5(9)2-3-7(6)10/h2-4,8H,1H3. The molecule has 1 aliphatic carbocycles. The molecule has 0 radical (unpaired) electrons. The van der Waals surface area contributed by atoms with Crippen LogP contribution < -0.4 is 5.32 Å². The van der Waals surface area contributed by atoms with Gasteiger partial charge < -0.3 is 5.32 Å². The largest absolute Gasteiger partial charge is 0.385 e. The minimum atomic E-state index is -0.151. The van der Waals surface area contributed by atoms with Gasteiger partial charge in [-0.2, -0.15) is 0 Å². The minimum absolute atomic E-state index is 0.149. The van der Waals surface area contributed by atoms with Crippen molar-refractivity contribution in [3.05, 3.63) is 23.9 Å². The second kappa shape index (κ2) is 2.47. The summed E-state index contributed by atoms with van der Waals surface area (Å²) in [5, 5.41) is 2.62. The Morgan fingerprint density at radius 3 is 2.50 bits per heavy atom. The van der Waals surface area contributed by atoms with Crippen LogP contribution in [-0.4, -0.2) is 18.6 Å². The first-order valence-electron chi connectivity index (χ1n) is 2.90. The van der Waals surface area contributed by atoms with Gasteiger partial charge in [-0.25, -0.2) is 0 Å². The highest BCUT2D eigenvalue weighted by Crippen LogP contribution is 1.99. The number of nitrogens with one attached hydrogen (secondary N) is 1. The zero-order chi connectivity index (χ0) is 7.56. The van der Waals surface area contributed by atoms with Gasteiger partial charge in [0.05, 0.1) is 5.70 Å². The van der Waals surface area contributed by atoms with Crippen molar-refractivity contribution in [3.8, 4) is 0 Å². The van der Waals surface area contributed by atoms with E-state index in [2.05, 4.69) is 5.32 Å². The molecule has 0 aliphatic heterocycles. The number of rotatable bonds is 1. The first kappa shape index (κ1) is 6.74. The quantitative estimate of drug-likeness (QED) is 0.509. The Balaban J connectivity index is 2.89. The molecule has 0 saturated carbocycles. The van der Waals surface area contributed by atoms with Crippen molar-refractivity contribution in [2.75, 3.05) is 7.05 Å². The maximum absolute atomic E-state index is 10.8. The molecule has 52 valence electrons. The summed E-state index contributed by atoms with van der Waals surface area (Å²) in [5.74, 6) is -0.300. The molecule has 0 heterocycles. The molecule has 0 unspecified atom stereocenters. The lowest BCUT2D eigenvalue weighted by Gasteiger charge is -2.03. The van der Waals surface area contributed by atoms with Crippen LogP contribution >= 0.6 is 0 Å². The Kier molecular flexibility index (Phi) is 1.67. The molecule has 0 saturated heterocycles. The molecular formula is C7H7NO2. The summed E-state index contributed by atoms with van der Waals surface area (Å²) in [5.41, 5.74) is 0.354. The molecular weight excluding hydrogens is 130 g/mol. The van der Waals surface area contributed by atoms with E-state index in [4.69, 9.17) is 0 Å². The van der Waals surface area contributed by atoms with Gasteiger partial charge in [0.1, 0.15) is 0 Å². The molecule has 0 aromatic rings. The van der Waals surface area contributed by atoms with Crippen molar-refractivity contribution in [1.82, 2.24) is 5.32 Å². The summed E-state index contributed by atoms with van der Waals surface area (Å²) in [6, 6.07) is 0. The normalized spacial score (nSPS) is 17.1. The first-order valence-corrected chi connectivity index (χ1v) is 2.90. The zero-order valence-corrected chi connectivity index (χ0v) is 5.55. The maximum Gasteiger partial charge on any atom is 0.201 e. The average molecular weight is 137 g/mol. The number of ketones is 2. The molecule has 0 atom stereocenters. The van der Waals surface area contributed by atoms with Gasteiger partial charge in [-0.05, 0) is 12.2 Å². The van der Waals surface area contributed by atoms with Gasteiger partial charge in [-0.1, -0.05) is 0 Å². The van der Waals surface area contributed by atoms with Crippen LogP contribution in [0.3, 0.4) is 0 Å². The highest BCUT2D eigenvalue weighted by molar-refractivity contribution is 6.16. The molecule has 0 bridgehead atoms. The highest BCUT2D eigenvalue weighted by atomic mass is 16.1. The third kappa shape index (κ3) is 1.13. The number of likely N-dealkylation sites (N-methyl/N-ethyl adjacent to an activating group) is 1. The third-order valence-corrected chi connectivity index (χ3v) is 1.22. The van der Waals surface area contributed by atoms with E-state index in [0.717, 1.165) is 0 Å². The molecule has 3 nitrogen and oxygen atoms in total. The van der Waals surface area contributed by atoms with Crippen LogP contribution in [0, 0.1) is 0 Å². The first-order chi connectivity index (χ1) is 4.74. The lowest BCUT2D eigenvalue weighted by atomic mass is 10.1. The van der Waals surface area contributed by atoms with E-state index < -0.39 is 0 Å². The summed E-state index contributed by atoms with van der Waals surface area (Å²) in [6.45, 7) is 0. The number of allylic oxidation sites excluding steroid dienone is 3. The van der Waals surface area contributed by atoms with Crippen molar-refractivity contribution in [3.63, 3.8) is 0 Å². The van der Waals surface area contributed by atoms with E-state index in [1.807, 2.05) is 0 Å². The van der Waals surface area contributed by atoms with Gasteiger partial charge in [0.15, 0.2) is 5.78 Å². The second-order valence-corrected chi connectivity index (χ2v) is 1.91. The number of hydrogen-bond donors (Lipinski definition) is 1. The van der Waals surface area contributed by atoms with Crippen LogP contribution in [0.2, 0.25) is 0 Å². The highest BCUT2D eigenvalue weighted by Gasteiger charge is 2.09. The van der Waals surface area contributed by atoms with Gasteiger partial charge in [0, 0.05) is 13.1 Å². The summed E-state index contributed by atoms with van der Waals surface area (Å²) in [6.07, 6.45) is 3.79. The Bertz CT molecular complexity index is 238. The molecule has 0 aromatic carbocycles. The number of carbonyl (C=O) groups excluding carboxylic acids is 2. The van der Waals surface area contributed by atoms with Gasteiger partial charge in [-0.15, -0.1) is 0 Å². The van der Waals surface area contributed by atoms with Crippen LogP contribution in [0.15, 0.2) is 23.9 Å². The van der Waals surface area contributed by atoms with Gasteiger partial charge in [0.2, 0.25) is 5.78 Å². The van der Waals surface area contributed by atoms with Crippen molar-refractivity contribution in [2.24, 2.45) is 0 Å². The van der Waals surface area contributed by atoms with Crippen molar-refractivity contribution < 1.29 is 9.59 Å². The van der Waals surface area contributed by atoms with Crippen LogP contribution in [0.5, 0.6) is 0 Å². The van der Waals surface area contributed by atoms with E-state index in [1.54, 1.807) is 7.05 Å². The predicted octanol–water partition coefficient (Wildman–Crippen LogP) is -0.202. The fourth-order valence-corrected chi connectivity index (χ4v) is 0.704. The van der Waals surface area contributed by atoms with Gasteiger partial charge in [-0.3, -0.25) is 9.59 Å². The van der Waals surface area contributed by atoms with Gasteiger partial charge in [0.25, 0.3) is 0 Å². The second-order valence-electron chi connectivity index (χ2n) is 1.91. The predicted molar refractivity (Wildman–Crippen MR) is 36.3 cm³/mol. The summed E-state index contributed by atoms with van der Waals surface area (Å²) in [7, 11) is 1.61. The smallest absolute Gasteiger partial charge is 0.201 e. The van der Waals surface area contributed by atoms with Crippen molar-refractivity contribution in [1.29, 1.82) is 0 Å². The molecule has 10 heavy (non-hydrogen) atoms. The minimum Gasteiger partial charge on any atom is -0.385 e. The van der Waals surface area contributed by atoms with E-state index in [-0.39, 0.29) is 11.6 Å². The molecule has 1 N–H and O–H groups in total. The monoisotopic (exact) mass is 137 g/mol. The maximum atomic E-state index is 10.8. The molecule has 0 spiro atoms. The van der Waals surface area contributed by atoms with Crippen molar-refractivity contribution >= 4 is 11.6 Å². The van der Waals surface area contributed by atoms with E-state index >= 15 is 0 Å². The fourth-order valence-electron chi connectivity index (χ4n) is 0.704. The number of carbonyl (C=O) groups is 2. The Morgan fingerprint density at radius 1 is 1.30 bits per heavy atom. The van der Waals surface area contributed by atoms with E-state index in [9.17, 15) is 9.59 Å². The molecule has 0 fully saturated rings. The van der Waals surface area contributed by atoms with Crippen LogP contribution in [0.4, 0.5) is 0 Å². The third-order valence-electron chi connectivity index (χ3n) is 1.22. The Labute approximate surface area is 58.4 Å². The zero-order valence-electron chi connectivity index (χ0n) is 5.55. The molecule has 0 amide bonds. The lowest BCUT2D eigenvalue weighted by Crippen LogP contribution is -2.18. The van der Waals surface area contributed by atoms with E-state index in [0.29, 0.717) is 5.70 Å². The summed E-state index contributed by atoms with van der Waals surface area (Å²) < 4.78 is 0. The molecule has 1 rings (SSSR count). The molecule has 0 aromatic heterocycles. The molecule has 1 aliphatic rings. The van der Waals surface area contributed by atoms with Crippen LogP contribution in [-0.2, 0) is 9.59 Å².